The maximum Gasteiger partial charge on any atom is 0.254 e. The number of pyridine rings is 1. The number of aromatic nitrogens is 1. The van der Waals surface area contributed by atoms with E-state index in [-0.39, 0.29) is 11.5 Å². The molecule has 3 aromatic rings. The number of hydrogen-bond donors (Lipinski definition) is 1. The van der Waals surface area contributed by atoms with Gasteiger partial charge in [0.2, 0.25) is 5.56 Å². The summed E-state index contributed by atoms with van der Waals surface area (Å²) in [4.78, 5) is 29.6. The number of hydrogen-bond acceptors (Lipinski definition) is 2. The number of nitrogens with zero attached hydrogens (tertiary/aromatic N) is 1. The van der Waals surface area contributed by atoms with Crippen molar-refractivity contribution in [1.29, 1.82) is 0 Å². The van der Waals surface area contributed by atoms with E-state index >= 15 is 0 Å². The lowest BCUT2D eigenvalue weighted by Gasteiger charge is -2.21. The van der Waals surface area contributed by atoms with E-state index in [1.165, 1.54) is 17.2 Å². The molecule has 4 nitrogen and oxygen atoms in total. The fourth-order valence-corrected chi connectivity index (χ4v) is 3.42. The van der Waals surface area contributed by atoms with Crippen LogP contribution in [0, 0.1) is 0 Å². The molecule has 0 fully saturated rings. The molecular formula is C20H18N2O2. The molecule has 1 amide bonds. The van der Waals surface area contributed by atoms with Crippen LogP contribution in [-0.2, 0) is 12.8 Å². The molecule has 1 aromatic heterocycles. The van der Waals surface area contributed by atoms with Crippen molar-refractivity contribution in [3.8, 4) is 0 Å². The average Bonchev–Trinajstić information content (AvgIpc) is 2.83. The lowest BCUT2D eigenvalue weighted by molar-refractivity contribution is 0.0765. The molecule has 0 aliphatic carbocycles. The Morgan fingerprint density at radius 1 is 0.917 bits per heavy atom. The van der Waals surface area contributed by atoms with Crippen molar-refractivity contribution in [1.82, 2.24) is 9.88 Å². The zero-order valence-electron chi connectivity index (χ0n) is 13.3. The highest BCUT2D eigenvalue weighted by atomic mass is 16.2. The van der Waals surface area contributed by atoms with Crippen LogP contribution < -0.4 is 5.56 Å². The number of carbonyl (C=O) groups is 1. The van der Waals surface area contributed by atoms with Gasteiger partial charge in [0.1, 0.15) is 0 Å². The molecule has 1 N–H and O–H groups in total. The number of nitrogens with one attached hydrogen (secondary N) is 1. The van der Waals surface area contributed by atoms with Gasteiger partial charge >= 0.3 is 0 Å². The normalized spacial score (nSPS) is 14.2. The van der Waals surface area contributed by atoms with Gasteiger partial charge in [-0.3, -0.25) is 9.59 Å². The highest BCUT2D eigenvalue weighted by Gasteiger charge is 2.21. The first-order chi connectivity index (χ1) is 11.7. The van der Waals surface area contributed by atoms with E-state index in [4.69, 9.17) is 0 Å². The van der Waals surface area contributed by atoms with Crippen LogP contribution in [0.4, 0.5) is 0 Å². The van der Waals surface area contributed by atoms with Crippen LogP contribution in [0.2, 0.25) is 0 Å². The van der Waals surface area contributed by atoms with Crippen LogP contribution in [0.3, 0.4) is 0 Å². The van der Waals surface area contributed by atoms with E-state index in [1.54, 1.807) is 0 Å². The Hall–Kier alpha value is -2.88. The molecule has 1 aliphatic heterocycles. The largest absolute Gasteiger partial charge is 0.338 e. The van der Waals surface area contributed by atoms with Crippen molar-refractivity contribution in [2.75, 3.05) is 13.1 Å². The zero-order valence-corrected chi connectivity index (χ0v) is 13.3. The van der Waals surface area contributed by atoms with Crippen LogP contribution in [-0.4, -0.2) is 28.9 Å². The van der Waals surface area contributed by atoms with E-state index in [9.17, 15) is 9.59 Å². The van der Waals surface area contributed by atoms with Gasteiger partial charge in [0.05, 0.1) is 5.56 Å². The van der Waals surface area contributed by atoms with Gasteiger partial charge in [-0.2, -0.15) is 0 Å². The molecule has 0 radical (unpaired) electrons. The van der Waals surface area contributed by atoms with E-state index in [1.807, 2.05) is 41.3 Å². The molecule has 0 atom stereocenters. The van der Waals surface area contributed by atoms with Gasteiger partial charge < -0.3 is 9.88 Å². The lowest BCUT2D eigenvalue weighted by Crippen LogP contribution is -2.34. The van der Waals surface area contributed by atoms with Crippen LogP contribution in [0.15, 0.2) is 59.4 Å². The van der Waals surface area contributed by atoms with Crippen molar-refractivity contribution in [3.05, 3.63) is 81.6 Å². The van der Waals surface area contributed by atoms with Crippen molar-refractivity contribution < 1.29 is 4.79 Å². The summed E-state index contributed by atoms with van der Waals surface area (Å²) < 4.78 is 0. The standard InChI is InChI=1S/C20H18N2O2/c23-19-13-17(16-7-3-4-8-18(16)21-19)20(24)22-11-9-14-5-1-2-6-15(14)10-12-22/h1-8,13H,9-12H2,(H,21,23). The minimum atomic E-state index is -0.241. The zero-order chi connectivity index (χ0) is 16.5. The summed E-state index contributed by atoms with van der Waals surface area (Å²) in [6.45, 7) is 1.36. The molecule has 24 heavy (non-hydrogen) atoms. The van der Waals surface area contributed by atoms with Gasteiger partial charge in [-0.1, -0.05) is 42.5 Å². The van der Waals surface area contributed by atoms with Gasteiger partial charge in [-0.05, 0) is 30.0 Å². The Morgan fingerprint density at radius 3 is 2.25 bits per heavy atom. The van der Waals surface area contributed by atoms with Crippen molar-refractivity contribution in [2.45, 2.75) is 12.8 Å². The quantitative estimate of drug-likeness (QED) is 0.750. The number of carbonyl (C=O) groups excluding carboxylic acids is 1. The molecule has 2 aromatic carbocycles. The lowest BCUT2D eigenvalue weighted by atomic mass is 10.0. The fourth-order valence-electron chi connectivity index (χ4n) is 3.42. The minimum absolute atomic E-state index is 0.0647. The van der Waals surface area contributed by atoms with E-state index in [0.29, 0.717) is 24.2 Å². The number of aromatic amines is 1. The Bertz CT molecular complexity index is 948. The molecule has 2 heterocycles. The smallest absolute Gasteiger partial charge is 0.254 e. The van der Waals surface area contributed by atoms with E-state index in [0.717, 1.165) is 18.2 Å². The predicted molar refractivity (Wildman–Crippen MR) is 94.3 cm³/mol. The summed E-state index contributed by atoms with van der Waals surface area (Å²) in [6.07, 6.45) is 1.70. The summed E-state index contributed by atoms with van der Waals surface area (Å²) in [7, 11) is 0. The molecule has 0 unspecified atom stereocenters. The van der Waals surface area contributed by atoms with Crippen LogP contribution >= 0.6 is 0 Å². The first-order valence-electron chi connectivity index (χ1n) is 8.20. The van der Waals surface area contributed by atoms with Gasteiger partial charge in [0, 0.05) is 30.1 Å². The van der Waals surface area contributed by atoms with Crippen molar-refractivity contribution in [2.24, 2.45) is 0 Å². The summed E-state index contributed by atoms with van der Waals surface area (Å²) in [5, 5.41) is 0.795. The third-order valence-corrected chi connectivity index (χ3v) is 4.69. The molecule has 0 saturated carbocycles. The molecule has 4 rings (SSSR count). The molecule has 0 saturated heterocycles. The second-order valence-corrected chi connectivity index (χ2v) is 6.15. The SMILES string of the molecule is O=C(c1cc(=O)[nH]c2ccccc12)N1CCc2ccccc2CC1. The average molecular weight is 318 g/mol. The maximum atomic E-state index is 13.0. The Morgan fingerprint density at radius 2 is 1.54 bits per heavy atom. The summed E-state index contributed by atoms with van der Waals surface area (Å²) >= 11 is 0. The van der Waals surface area contributed by atoms with Gasteiger partial charge in [0.15, 0.2) is 0 Å². The molecule has 0 bridgehead atoms. The highest BCUT2D eigenvalue weighted by Crippen LogP contribution is 2.20. The van der Waals surface area contributed by atoms with Crippen molar-refractivity contribution >= 4 is 16.8 Å². The Balaban J connectivity index is 1.69. The predicted octanol–water partition coefficient (Wildman–Crippen LogP) is 2.77. The Kier molecular flexibility index (Phi) is 3.65. The third-order valence-electron chi connectivity index (χ3n) is 4.69. The number of fused-ring (bicyclic) bond motifs is 2. The summed E-state index contributed by atoms with van der Waals surface area (Å²) in [6, 6.07) is 17.2. The second-order valence-electron chi connectivity index (χ2n) is 6.15. The summed E-state index contributed by atoms with van der Waals surface area (Å²) in [5.41, 5.74) is 3.56. The van der Waals surface area contributed by atoms with Gasteiger partial charge in [-0.25, -0.2) is 0 Å². The third kappa shape index (κ3) is 2.60. The minimum Gasteiger partial charge on any atom is -0.338 e. The van der Waals surface area contributed by atoms with Crippen LogP contribution in [0.5, 0.6) is 0 Å². The summed E-state index contributed by atoms with van der Waals surface area (Å²) in [5.74, 6) is -0.0647. The first-order valence-corrected chi connectivity index (χ1v) is 8.20. The molecular weight excluding hydrogens is 300 g/mol. The number of H-pyrrole nitrogens is 1. The van der Waals surface area contributed by atoms with Crippen molar-refractivity contribution in [3.63, 3.8) is 0 Å². The monoisotopic (exact) mass is 318 g/mol. The maximum absolute atomic E-state index is 13.0. The number of amides is 1. The molecule has 0 spiro atoms. The highest BCUT2D eigenvalue weighted by molar-refractivity contribution is 6.05. The molecule has 120 valence electrons. The van der Waals surface area contributed by atoms with Gasteiger partial charge in [0.25, 0.3) is 5.91 Å². The number of para-hydroxylation sites is 1. The molecule has 1 aliphatic rings. The fraction of sp³-hybridized carbons (Fsp3) is 0.200. The van der Waals surface area contributed by atoms with E-state index < -0.39 is 0 Å². The molecule has 4 heteroatoms. The number of rotatable bonds is 1. The first kappa shape index (κ1) is 14.7. The van der Waals surface area contributed by atoms with E-state index in [2.05, 4.69) is 17.1 Å². The Labute approximate surface area is 139 Å². The van der Waals surface area contributed by atoms with Crippen LogP contribution in [0.25, 0.3) is 10.9 Å². The topological polar surface area (TPSA) is 53.2 Å². The van der Waals surface area contributed by atoms with Gasteiger partial charge in [-0.15, -0.1) is 0 Å². The number of benzene rings is 2. The second kappa shape index (κ2) is 5.96. The van der Waals surface area contributed by atoms with Crippen LogP contribution in [0.1, 0.15) is 21.5 Å².